The van der Waals surface area contributed by atoms with Gasteiger partial charge in [-0.15, -0.1) is 0 Å². The van der Waals surface area contributed by atoms with Crippen LogP contribution in [0.2, 0.25) is 0 Å². The number of nitrogens with one attached hydrogen (secondary N) is 2. The average molecular weight is 341 g/mol. The molecule has 0 radical (unpaired) electrons. The van der Waals surface area contributed by atoms with Crippen molar-refractivity contribution in [3.63, 3.8) is 0 Å². The fourth-order valence-electron chi connectivity index (χ4n) is 2.44. The van der Waals surface area contributed by atoms with Crippen molar-refractivity contribution in [1.82, 2.24) is 10.6 Å². The van der Waals surface area contributed by atoms with Gasteiger partial charge < -0.3 is 10.6 Å². The van der Waals surface area contributed by atoms with E-state index >= 15 is 0 Å². The summed E-state index contributed by atoms with van der Waals surface area (Å²) in [4.78, 5) is 36.4. The number of carbonyl (C=O) groups excluding carboxylic acids is 3. The third-order valence-corrected chi connectivity index (χ3v) is 4.02. The van der Waals surface area contributed by atoms with E-state index in [9.17, 15) is 14.4 Å². The maximum Gasteiger partial charge on any atom is 0.224 e. The third kappa shape index (κ3) is 12.1. The van der Waals surface area contributed by atoms with Crippen LogP contribution in [0.4, 0.5) is 0 Å². The van der Waals surface area contributed by atoms with Gasteiger partial charge in [-0.25, -0.2) is 0 Å². The Hall–Kier alpha value is -1.39. The van der Waals surface area contributed by atoms with E-state index < -0.39 is 5.92 Å². The minimum Gasteiger partial charge on any atom is -0.356 e. The van der Waals surface area contributed by atoms with Crippen LogP contribution in [0.25, 0.3) is 0 Å². The number of amides is 2. The lowest BCUT2D eigenvalue weighted by molar-refractivity contribution is -0.133. The van der Waals surface area contributed by atoms with Gasteiger partial charge in [-0.3, -0.25) is 14.4 Å². The Bertz CT molecular complexity index is 346. The Morgan fingerprint density at radius 2 is 1.33 bits per heavy atom. The summed E-state index contributed by atoms with van der Waals surface area (Å²) in [7, 11) is 0. The van der Waals surface area contributed by atoms with Crippen LogP contribution in [0.15, 0.2) is 0 Å². The number of ketones is 1. The molecule has 0 aliphatic carbocycles. The molecule has 0 heterocycles. The van der Waals surface area contributed by atoms with E-state index in [2.05, 4.69) is 31.4 Å². The van der Waals surface area contributed by atoms with Gasteiger partial charge in [0.1, 0.15) is 5.78 Å². The molecule has 5 heteroatoms. The van der Waals surface area contributed by atoms with E-state index in [0.29, 0.717) is 19.5 Å². The van der Waals surface area contributed by atoms with Crippen LogP contribution in [-0.4, -0.2) is 30.7 Å². The summed E-state index contributed by atoms with van der Waals surface area (Å²) in [6.45, 7) is 7.44. The number of unbranched alkanes of at least 4 members (excludes halogenated alkanes) is 4. The Morgan fingerprint density at radius 3 is 1.92 bits per heavy atom. The molecule has 0 aromatic carbocycles. The number of hydrogen-bond donors (Lipinski definition) is 2. The Balaban J connectivity index is 4.49. The molecule has 1 atom stereocenters. The van der Waals surface area contributed by atoms with Gasteiger partial charge in [0, 0.05) is 32.4 Å². The summed E-state index contributed by atoms with van der Waals surface area (Å²) < 4.78 is 0. The SMILES string of the molecule is CCCCCC(=O)CC(CC(=O)NCCCC)C(=O)NCCCC. The van der Waals surface area contributed by atoms with Gasteiger partial charge in [0.2, 0.25) is 11.8 Å². The van der Waals surface area contributed by atoms with Gasteiger partial charge in [-0.2, -0.15) is 0 Å². The molecule has 0 aromatic rings. The monoisotopic (exact) mass is 340 g/mol. The van der Waals surface area contributed by atoms with Crippen molar-refractivity contribution in [1.29, 1.82) is 0 Å². The standard InChI is InChI=1S/C19H36N2O3/c1-4-7-10-11-17(22)14-16(19(24)21-13-9-6-3)15-18(23)20-12-8-5-2/h16H,4-15H2,1-3H3,(H,20,23)(H,21,24). The largest absolute Gasteiger partial charge is 0.356 e. The summed E-state index contributed by atoms with van der Waals surface area (Å²) in [6.07, 6.45) is 7.57. The minimum absolute atomic E-state index is 0.0837. The molecule has 0 aromatic heterocycles. The molecule has 0 rings (SSSR count). The van der Waals surface area contributed by atoms with Crippen LogP contribution in [-0.2, 0) is 14.4 Å². The highest BCUT2D eigenvalue weighted by Gasteiger charge is 2.24. The zero-order valence-corrected chi connectivity index (χ0v) is 15.8. The molecule has 140 valence electrons. The molecular formula is C19H36N2O3. The molecule has 0 aliphatic heterocycles. The van der Waals surface area contributed by atoms with E-state index in [4.69, 9.17) is 0 Å². The maximum atomic E-state index is 12.3. The topological polar surface area (TPSA) is 75.3 Å². The van der Waals surface area contributed by atoms with Crippen molar-refractivity contribution in [2.45, 2.75) is 85.0 Å². The molecule has 0 saturated carbocycles. The van der Waals surface area contributed by atoms with Gasteiger partial charge in [0.25, 0.3) is 0 Å². The summed E-state index contributed by atoms with van der Waals surface area (Å²) in [5.41, 5.74) is 0. The second-order valence-corrected chi connectivity index (χ2v) is 6.45. The molecule has 0 bridgehead atoms. The normalized spacial score (nSPS) is 11.8. The first-order valence-corrected chi connectivity index (χ1v) is 9.61. The quantitative estimate of drug-likeness (QED) is 0.449. The van der Waals surface area contributed by atoms with Crippen molar-refractivity contribution >= 4 is 17.6 Å². The summed E-state index contributed by atoms with van der Waals surface area (Å²) in [5.74, 6) is -0.767. The van der Waals surface area contributed by atoms with E-state index in [1.165, 1.54) is 0 Å². The number of rotatable bonds is 15. The predicted molar refractivity (Wildman–Crippen MR) is 97.7 cm³/mol. The van der Waals surface area contributed by atoms with Crippen molar-refractivity contribution in [2.24, 2.45) is 5.92 Å². The number of carbonyl (C=O) groups is 3. The number of hydrogen-bond acceptors (Lipinski definition) is 3. The molecule has 0 spiro atoms. The second-order valence-electron chi connectivity index (χ2n) is 6.45. The molecule has 1 unspecified atom stereocenters. The van der Waals surface area contributed by atoms with Gasteiger partial charge in [0.05, 0.1) is 5.92 Å². The van der Waals surface area contributed by atoms with Crippen molar-refractivity contribution < 1.29 is 14.4 Å². The van der Waals surface area contributed by atoms with Crippen LogP contribution in [0, 0.1) is 5.92 Å². The molecule has 0 aliphatic rings. The van der Waals surface area contributed by atoms with Crippen LogP contribution in [0.3, 0.4) is 0 Å². The van der Waals surface area contributed by atoms with Crippen LogP contribution < -0.4 is 10.6 Å². The molecule has 2 amide bonds. The van der Waals surface area contributed by atoms with E-state index in [-0.39, 0.29) is 30.4 Å². The molecule has 24 heavy (non-hydrogen) atoms. The Morgan fingerprint density at radius 1 is 0.750 bits per heavy atom. The zero-order valence-electron chi connectivity index (χ0n) is 15.8. The van der Waals surface area contributed by atoms with E-state index in [1.807, 2.05) is 0 Å². The lowest BCUT2D eigenvalue weighted by Gasteiger charge is -2.16. The van der Waals surface area contributed by atoms with Crippen molar-refractivity contribution in [2.75, 3.05) is 13.1 Å². The van der Waals surface area contributed by atoms with Crippen LogP contribution in [0.5, 0.6) is 0 Å². The van der Waals surface area contributed by atoms with E-state index in [1.54, 1.807) is 0 Å². The molecule has 0 saturated heterocycles. The lowest BCUT2D eigenvalue weighted by Crippen LogP contribution is -2.36. The highest BCUT2D eigenvalue weighted by Crippen LogP contribution is 2.13. The minimum atomic E-state index is -0.544. The van der Waals surface area contributed by atoms with Crippen LogP contribution >= 0.6 is 0 Å². The summed E-state index contributed by atoms with van der Waals surface area (Å²) in [5, 5.41) is 5.69. The fraction of sp³-hybridized carbons (Fsp3) is 0.842. The van der Waals surface area contributed by atoms with Gasteiger partial charge in [0.15, 0.2) is 0 Å². The maximum absolute atomic E-state index is 12.3. The van der Waals surface area contributed by atoms with Gasteiger partial charge >= 0.3 is 0 Å². The van der Waals surface area contributed by atoms with E-state index in [0.717, 1.165) is 44.9 Å². The summed E-state index contributed by atoms with van der Waals surface area (Å²) in [6, 6.07) is 0. The fourth-order valence-corrected chi connectivity index (χ4v) is 2.44. The van der Waals surface area contributed by atoms with Gasteiger partial charge in [-0.1, -0.05) is 46.5 Å². The average Bonchev–Trinajstić information content (AvgIpc) is 2.55. The highest BCUT2D eigenvalue weighted by molar-refractivity contribution is 5.90. The van der Waals surface area contributed by atoms with Crippen molar-refractivity contribution in [3.05, 3.63) is 0 Å². The Kier molecular flexibility index (Phi) is 14.3. The van der Waals surface area contributed by atoms with Crippen LogP contribution in [0.1, 0.15) is 85.0 Å². The highest BCUT2D eigenvalue weighted by atomic mass is 16.2. The third-order valence-electron chi connectivity index (χ3n) is 4.02. The molecular weight excluding hydrogens is 304 g/mol. The first-order valence-electron chi connectivity index (χ1n) is 9.61. The second kappa shape index (κ2) is 15.2. The summed E-state index contributed by atoms with van der Waals surface area (Å²) >= 11 is 0. The molecule has 0 fully saturated rings. The first-order chi connectivity index (χ1) is 11.5. The van der Waals surface area contributed by atoms with Gasteiger partial charge in [-0.05, 0) is 19.3 Å². The lowest BCUT2D eigenvalue weighted by atomic mass is 9.95. The number of Topliss-reactive ketones (excluding diaryl/α,β-unsaturated/α-hetero) is 1. The first kappa shape index (κ1) is 22.6. The van der Waals surface area contributed by atoms with Crippen molar-refractivity contribution in [3.8, 4) is 0 Å². The molecule has 2 N–H and O–H groups in total. The molecule has 5 nitrogen and oxygen atoms in total. The smallest absolute Gasteiger partial charge is 0.224 e. The predicted octanol–water partition coefficient (Wildman–Crippen LogP) is 3.36. The zero-order chi connectivity index (χ0) is 18.2. The Labute approximate surface area is 147 Å².